The Morgan fingerprint density at radius 3 is 2.02 bits per heavy atom. The van der Waals surface area contributed by atoms with Gasteiger partial charge in [-0.2, -0.15) is 25.3 Å². The van der Waals surface area contributed by atoms with E-state index in [1.165, 1.54) is 54.6 Å². The zero-order chi connectivity index (χ0) is 40.9. The number of aryl methyl sites for hydroxylation is 1. The molecular formula is C36H26CuN6Na3O11S4+3. The second-order valence-electron chi connectivity index (χ2n) is 12.4. The molecule has 301 valence electrons. The molecule has 0 saturated carbocycles. The molecule has 0 amide bonds. The molecule has 1 aromatic heterocycles. The first-order valence-electron chi connectivity index (χ1n) is 16.2. The number of rotatable bonds is 10. The number of nitrogens with one attached hydrogen (secondary N) is 3. The van der Waals surface area contributed by atoms with Crippen LogP contribution in [0.3, 0.4) is 0 Å². The van der Waals surface area contributed by atoms with Crippen LogP contribution in [-0.4, -0.2) is 66.9 Å². The molecule has 6 N–H and O–H groups in total. The maximum atomic E-state index is 13.6. The predicted molar refractivity (Wildman–Crippen MR) is 213 cm³/mol. The van der Waals surface area contributed by atoms with Crippen LogP contribution in [0.4, 0.5) is 17.1 Å². The molecule has 0 spiro atoms. The first-order chi connectivity index (χ1) is 26.8. The number of thiazole rings is 1. The predicted octanol–water partition coefficient (Wildman–Crippen LogP) is -3.62. The number of hydrogen-bond donors (Lipinski definition) is 6. The Bertz CT molecular complexity index is 3080. The van der Waals surface area contributed by atoms with E-state index in [4.69, 9.17) is 0 Å². The van der Waals surface area contributed by atoms with Crippen LogP contribution >= 0.6 is 11.3 Å². The van der Waals surface area contributed by atoms with Gasteiger partial charge in [0.25, 0.3) is 30.4 Å². The molecule has 1 radical (unpaired) electrons. The minimum Gasteiger partial charge on any atom is -0.355 e. The van der Waals surface area contributed by atoms with E-state index in [1.807, 2.05) is 0 Å². The van der Waals surface area contributed by atoms with Gasteiger partial charge in [0.2, 0.25) is 11.6 Å². The van der Waals surface area contributed by atoms with Gasteiger partial charge >= 0.3 is 88.7 Å². The van der Waals surface area contributed by atoms with E-state index in [-0.39, 0.29) is 144 Å². The molecule has 17 nitrogen and oxygen atoms in total. The fourth-order valence-corrected chi connectivity index (χ4v) is 9.23. The Morgan fingerprint density at radius 2 is 1.38 bits per heavy atom. The summed E-state index contributed by atoms with van der Waals surface area (Å²) < 4.78 is 101. The van der Waals surface area contributed by atoms with Gasteiger partial charge in [-0.1, -0.05) is 18.2 Å². The summed E-state index contributed by atoms with van der Waals surface area (Å²) in [5, 5.41) is 11.0. The summed E-state index contributed by atoms with van der Waals surface area (Å²) in [4.78, 5) is 29.6. The SMILES string of the molecule is Cc1ccc2nc(-c3ccc(NNC4=CC(=O)/C(=N\N=C5\C(=O)c6cc(Nc7cccc(S(=O)(=O)O)c7)ccc6C=C5S(=O)(=O)O)C=C4)cc3)sc2c1S(=O)(=O)O.[Cu].[Na+].[Na+].[Na+]. The van der Waals surface area contributed by atoms with Gasteiger partial charge in [0.1, 0.15) is 20.5 Å². The molecule has 5 aromatic rings. The summed E-state index contributed by atoms with van der Waals surface area (Å²) >= 11 is 1.12. The third kappa shape index (κ3) is 12.1. The van der Waals surface area contributed by atoms with Gasteiger partial charge in [0.05, 0.1) is 26.5 Å². The number of Topliss-reactive ketones (excluding diaryl/α,β-unsaturated/α-hetero) is 1. The number of fused-ring (bicyclic) bond motifs is 2. The number of aromatic nitrogens is 1. The van der Waals surface area contributed by atoms with Gasteiger partial charge < -0.3 is 16.2 Å². The molecular weight excluding hydrogens is 953 g/mol. The summed E-state index contributed by atoms with van der Waals surface area (Å²) in [5.41, 5.74) is 7.76. The van der Waals surface area contributed by atoms with Gasteiger partial charge in [-0.3, -0.25) is 23.2 Å². The average Bonchev–Trinajstić information content (AvgIpc) is 3.57. The van der Waals surface area contributed by atoms with Crippen LogP contribution in [0.1, 0.15) is 21.5 Å². The Kier molecular flexibility index (Phi) is 18.0. The van der Waals surface area contributed by atoms with Gasteiger partial charge in [0, 0.05) is 45.6 Å². The van der Waals surface area contributed by atoms with E-state index in [0.717, 1.165) is 23.5 Å². The molecule has 0 aliphatic heterocycles. The maximum absolute atomic E-state index is 13.6. The molecule has 0 unspecified atom stereocenters. The maximum Gasteiger partial charge on any atom is 1.00 e. The second kappa shape index (κ2) is 20.9. The molecule has 2 aliphatic carbocycles. The molecule has 7 rings (SSSR count). The van der Waals surface area contributed by atoms with E-state index in [1.54, 1.807) is 43.3 Å². The van der Waals surface area contributed by atoms with E-state index >= 15 is 0 Å². The van der Waals surface area contributed by atoms with Gasteiger partial charge in [-0.25, -0.2) is 4.98 Å². The Balaban J connectivity index is 0.00000248. The summed E-state index contributed by atoms with van der Waals surface area (Å²) in [6, 6.07) is 19.6. The van der Waals surface area contributed by atoms with Gasteiger partial charge in [0.15, 0.2) is 5.71 Å². The van der Waals surface area contributed by atoms with Crippen LogP contribution in [0.25, 0.3) is 26.9 Å². The van der Waals surface area contributed by atoms with Crippen molar-refractivity contribution in [2.45, 2.75) is 16.7 Å². The van der Waals surface area contributed by atoms with Gasteiger partial charge in [-0.15, -0.1) is 21.5 Å². The molecule has 4 aromatic carbocycles. The first-order valence-corrected chi connectivity index (χ1v) is 21.3. The largest absolute Gasteiger partial charge is 1.00 e. The van der Waals surface area contributed by atoms with Crippen LogP contribution in [0, 0.1) is 6.92 Å². The van der Waals surface area contributed by atoms with Crippen molar-refractivity contribution < 1.29 is 154 Å². The second-order valence-corrected chi connectivity index (χ2v) is 17.5. The van der Waals surface area contributed by atoms with E-state index in [2.05, 4.69) is 31.4 Å². The first kappa shape index (κ1) is 52.7. The molecule has 0 fully saturated rings. The molecule has 1 heterocycles. The van der Waals surface area contributed by atoms with Crippen LogP contribution in [-0.2, 0) is 52.2 Å². The van der Waals surface area contributed by atoms with Crippen LogP contribution in [0.5, 0.6) is 0 Å². The minimum atomic E-state index is -4.99. The molecule has 0 bridgehead atoms. The van der Waals surface area contributed by atoms with Crippen molar-refractivity contribution in [2.24, 2.45) is 10.2 Å². The van der Waals surface area contributed by atoms with Crippen molar-refractivity contribution >= 4 is 98.0 Å². The third-order valence-electron chi connectivity index (χ3n) is 8.40. The topological polar surface area (TPSA) is 271 Å². The van der Waals surface area contributed by atoms with E-state index in [9.17, 15) is 48.5 Å². The smallest absolute Gasteiger partial charge is 0.355 e. The number of hydrogen-bond acceptors (Lipinski definition) is 15. The van der Waals surface area contributed by atoms with Crippen molar-refractivity contribution in [1.82, 2.24) is 10.4 Å². The van der Waals surface area contributed by atoms with Crippen molar-refractivity contribution in [3.63, 3.8) is 0 Å². The number of anilines is 3. The molecule has 25 heteroatoms. The molecule has 0 saturated heterocycles. The summed E-state index contributed by atoms with van der Waals surface area (Å²) in [5.74, 6) is -1.60. The monoisotopic (exact) mass is 978 g/mol. The quantitative estimate of drug-likeness (QED) is 0.0342. The van der Waals surface area contributed by atoms with Crippen LogP contribution in [0.15, 0.2) is 128 Å². The normalized spacial score (nSPS) is 15.0. The Labute approximate surface area is 430 Å². The van der Waals surface area contributed by atoms with Crippen molar-refractivity contribution in [3.05, 3.63) is 124 Å². The van der Waals surface area contributed by atoms with E-state index < -0.39 is 52.5 Å². The summed E-state index contributed by atoms with van der Waals surface area (Å²) in [6.07, 6.45) is 4.93. The number of ketones is 2. The molecule has 0 atom stereocenters. The number of benzene rings is 4. The zero-order valence-corrected chi connectivity index (χ0v) is 42.4. The number of carbonyl (C=O) groups excluding carboxylic acids is 2. The molecule has 2 aliphatic rings. The number of nitrogens with zero attached hydrogens (tertiary/aromatic N) is 3. The minimum absolute atomic E-state index is 0. The zero-order valence-electron chi connectivity index (χ0n) is 32.2. The summed E-state index contributed by atoms with van der Waals surface area (Å²) in [7, 11) is -14.0. The van der Waals surface area contributed by atoms with Crippen LogP contribution < -0.4 is 105 Å². The Hall–Kier alpha value is -2.68. The standard InChI is InChI=1S/C36H26N6O11S4.Cu.3Na/c1-19-5-13-29-34(35(19)57(51,52)53)54-36(38-29)20-6-9-22(10-7-20)39-40-25-12-14-28(30(43)18-25)41-42-32-31(56(48,49)50)15-21-8-11-24(17-27(21)33(32)44)37-23-3-2-4-26(16-23)55(45,46)47;;;;/h2-18,37,39-40H,1H3,(H,45,46,47)(H,48,49,50)(H,51,52,53);;;;/q;;3*+1/b41-28-,42-32+;;;;. The molecule has 61 heavy (non-hydrogen) atoms. The summed E-state index contributed by atoms with van der Waals surface area (Å²) in [6.45, 7) is 1.58. The third-order valence-corrected chi connectivity index (χ3v) is 12.4. The van der Waals surface area contributed by atoms with E-state index in [0.29, 0.717) is 37.7 Å². The average molecular weight is 979 g/mol. The van der Waals surface area contributed by atoms with Gasteiger partial charge in [-0.05, 0) is 96.9 Å². The number of hydrazine groups is 1. The van der Waals surface area contributed by atoms with Crippen molar-refractivity contribution in [2.75, 3.05) is 10.7 Å². The number of allylic oxidation sites excluding steroid dienone is 4. The van der Waals surface area contributed by atoms with Crippen molar-refractivity contribution in [3.8, 4) is 10.6 Å². The fourth-order valence-electron chi connectivity index (χ4n) is 5.73. The number of carbonyl (C=O) groups is 2. The van der Waals surface area contributed by atoms with Crippen LogP contribution in [0.2, 0.25) is 0 Å². The van der Waals surface area contributed by atoms with Crippen molar-refractivity contribution in [1.29, 1.82) is 0 Å². The fraction of sp³-hybridized carbons (Fsp3) is 0.0278. The Morgan fingerprint density at radius 1 is 0.705 bits per heavy atom.